The molecule has 0 aromatic rings. The van der Waals surface area contributed by atoms with Gasteiger partial charge in [0.2, 0.25) is 0 Å². The SMILES string of the molecule is C=C(CC)C(=CCCC)CC. The zero-order chi connectivity index (χ0) is 8.69. The minimum absolute atomic E-state index is 1.09. The maximum atomic E-state index is 4.03. The Bertz CT molecular complexity index is 140. The summed E-state index contributed by atoms with van der Waals surface area (Å²) < 4.78 is 0. The lowest BCUT2D eigenvalue weighted by Crippen LogP contribution is -1.84. The van der Waals surface area contributed by atoms with Gasteiger partial charge in [-0.25, -0.2) is 0 Å². The van der Waals surface area contributed by atoms with Crippen molar-refractivity contribution in [2.75, 3.05) is 0 Å². The van der Waals surface area contributed by atoms with Gasteiger partial charge in [0.15, 0.2) is 0 Å². The third-order valence-corrected chi connectivity index (χ3v) is 1.94. The van der Waals surface area contributed by atoms with Crippen LogP contribution in [0.1, 0.15) is 46.5 Å². The molecule has 64 valence electrons. The minimum Gasteiger partial charge on any atom is -0.0956 e. The van der Waals surface area contributed by atoms with Gasteiger partial charge in [0, 0.05) is 0 Å². The Labute approximate surface area is 71.0 Å². The topological polar surface area (TPSA) is 0 Å². The lowest BCUT2D eigenvalue weighted by Gasteiger charge is -2.05. The molecule has 0 heterocycles. The Balaban J connectivity index is 4.03. The molecule has 0 aliphatic carbocycles. The summed E-state index contributed by atoms with van der Waals surface area (Å²) in [7, 11) is 0. The quantitative estimate of drug-likeness (QED) is 0.520. The number of unbranched alkanes of at least 4 members (excludes halogenated alkanes) is 1. The van der Waals surface area contributed by atoms with Crippen molar-refractivity contribution in [1.82, 2.24) is 0 Å². The summed E-state index contributed by atoms with van der Waals surface area (Å²) in [6.07, 6.45) is 6.98. The highest BCUT2D eigenvalue weighted by atomic mass is 14.0. The zero-order valence-electron chi connectivity index (χ0n) is 8.11. The van der Waals surface area contributed by atoms with Gasteiger partial charge in [-0.2, -0.15) is 0 Å². The molecule has 0 rings (SSSR count). The van der Waals surface area contributed by atoms with E-state index in [4.69, 9.17) is 0 Å². The molecule has 0 bridgehead atoms. The van der Waals surface area contributed by atoms with E-state index in [-0.39, 0.29) is 0 Å². The molecule has 0 atom stereocenters. The Morgan fingerprint density at radius 2 is 1.82 bits per heavy atom. The highest BCUT2D eigenvalue weighted by Crippen LogP contribution is 2.15. The Hall–Kier alpha value is -0.520. The van der Waals surface area contributed by atoms with E-state index in [1.807, 2.05) is 0 Å². The summed E-state index contributed by atoms with van der Waals surface area (Å²) in [5.41, 5.74) is 2.76. The van der Waals surface area contributed by atoms with Crippen LogP contribution in [-0.2, 0) is 0 Å². The maximum absolute atomic E-state index is 4.03. The fourth-order valence-corrected chi connectivity index (χ4v) is 1.08. The van der Waals surface area contributed by atoms with E-state index < -0.39 is 0 Å². The van der Waals surface area contributed by atoms with Gasteiger partial charge >= 0.3 is 0 Å². The summed E-state index contributed by atoms with van der Waals surface area (Å²) >= 11 is 0. The molecule has 0 aromatic heterocycles. The summed E-state index contributed by atoms with van der Waals surface area (Å²) in [5.74, 6) is 0. The molecular formula is C11H20. The predicted octanol–water partition coefficient (Wildman–Crippen LogP) is 4.09. The molecule has 0 radical (unpaired) electrons. The van der Waals surface area contributed by atoms with Crippen molar-refractivity contribution in [3.8, 4) is 0 Å². The molecule has 0 aliphatic heterocycles. The first-order chi connectivity index (χ1) is 5.26. The lowest BCUT2D eigenvalue weighted by molar-refractivity contribution is 0.927. The molecule has 0 nitrogen and oxygen atoms in total. The molecule has 0 aromatic carbocycles. The normalized spacial score (nSPS) is 11.7. The number of hydrogen-bond acceptors (Lipinski definition) is 0. The molecule has 0 heteroatoms. The van der Waals surface area contributed by atoms with Crippen LogP contribution in [0, 0.1) is 0 Å². The van der Waals surface area contributed by atoms with Crippen LogP contribution in [0.5, 0.6) is 0 Å². The first kappa shape index (κ1) is 10.5. The van der Waals surface area contributed by atoms with Crippen LogP contribution < -0.4 is 0 Å². The Kier molecular flexibility index (Phi) is 5.91. The highest BCUT2D eigenvalue weighted by molar-refractivity contribution is 5.27. The first-order valence-electron chi connectivity index (χ1n) is 4.63. The first-order valence-corrected chi connectivity index (χ1v) is 4.63. The average Bonchev–Trinajstić information content (AvgIpc) is 2.05. The Morgan fingerprint density at radius 3 is 2.18 bits per heavy atom. The summed E-state index contributed by atoms with van der Waals surface area (Å²) in [5, 5.41) is 0. The standard InChI is InChI=1S/C11H20/c1-5-8-9-11(7-3)10(4)6-2/h9H,4-8H2,1-3H3. The van der Waals surface area contributed by atoms with Gasteiger partial charge in [0.1, 0.15) is 0 Å². The van der Waals surface area contributed by atoms with Crippen LogP contribution in [0.2, 0.25) is 0 Å². The number of rotatable bonds is 5. The second-order valence-corrected chi connectivity index (χ2v) is 2.83. The van der Waals surface area contributed by atoms with Crippen molar-refractivity contribution in [2.45, 2.75) is 46.5 Å². The summed E-state index contributed by atoms with van der Waals surface area (Å²) in [6, 6.07) is 0. The summed E-state index contributed by atoms with van der Waals surface area (Å²) in [6.45, 7) is 10.6. The smallest absolute Gasteiger partial charge is 0.0308 e. The zero-order valence-corrected chi connectivity index (χ0v) is 8.11. The van der Waals surface area contributed by atoms with E-state index in [9.17, 15) is 0 Å². The van der Waals surface area contributed by atoms with E-state index in [2.05, 4.69) is 33.4 Å². The molecule has 0 aliphatic rings. The largest absolute Gasteiger partial charge is 0.0956 e. The highest BCUT2D eigenvalue weighted by Gasteiger charge is 1.95. The van der Waals surface area contributed by atoms with Gasteiger partial charge in [-0.3, -0.25) is 0 Å². The van der Waals surface area contributed by atoms with Gasteiger partial charge in [-0.1, -0.05) is 45.4 Å². The fraction of sp³-hybridized carbons (Fsp3) is 0.636. The van der Waals surface area contributed by atoms with E-state index in [1.165, 1.54) is 24.0 Å². The van der Waals surface area contributed by atoms with E-state index in [0.717, 1.165) is 12.8 Å². The molecule has 0 saturated carbocycles. The monoisotopic (exact) mass is 152 g/mol. The Morgan fingerprint density at radius 1 is 1.18 bits per heavy atom. The maximum Gasteiger partial charge on any atom is -0.0308 e. The van der Waals surface area contributed by atoms with Crippen LogP contribution in [0.4, 0.5) is 0 Å². The van der Waals surface area contributed by atoms with Crippen molar-refractivity contribution in [3.63, 3.8) is 0 Å². The van der Waals surface area contributed by atoms with E-state index in [1.54, 1.807) is 0 Å². The van der Waals surface area contributed by atoms with Gasteiger partial charge < -0.3 is 0 Å². The van der Waals surface area contributed by atoms with Crippen LogP contribution in [0.25, 0.3) is 0 Å². The van der Waals surface area contributed by atoms with Crippen molar-refractivity contribution in [3.05, 3.63) is 23.8 Å². The molecule has 0 fully saturated rings. The van der Waals surface area contributed by atoms with E-state index >= 15 is 0 Å². The summed E-state index contributed by atoms with van der Waals surface area (Å²) in [4.78, 5) is 0. The molecule has 0 unspecified atom stereocenters. The lowest BCUT2D eigenvalue weighted by atomic mass is 10.0. The minimum atomic E-state index is 1.09. The average molecular weight is 152 g/mol. The van der Waals surface area contributed by atoms with Crippen molar-refractivity contribution >= 4 is 0 Å². The van der Waals surface area contributed by atoms with Crippen LogP contribution in [0.15, 0.2) is 23.8 Å². The van der Waals surface area contributed by atoms with Crippen LogP contribution in [-0.4, -0.2) is 0 Å². The van der Waals surface area contributed by atoms with Gasteiger partial charge in [0.25, 0.3) is 0 Å². The molecule has 0 N–H and O–H groups in total. The second kappa shape index (κ2) is 6.21. The molecular weight excluding hydrogens is 132 g/mol. The second-order valence-electron chi connectivity index (χ2n) is 2.83. The fourth-order valence-electron chi connectivity index (χ4n) is 1.08. The number of hydrogen-bond donors (Lipinski definition) is 0. The molecule has 0 spiro atoms. The van der Waals surface area contributed by atoms with Crippen molar-refractivity contribution < 1.29 is 0 Å². The molecule has 0 saturated heterocycles. The molecule has 11 heavy (non-hydrogen) atoms. The van der Waals surface area contributed by atoms with Crippen molar-refractivity contribution in [1.29, 1.82) is 0 Å². The van der Waals surface area contributed by atoms with Crippen LogP contribution in [0.3, 0.4) is 0 Å². The van der Waals surface area contributed by atoms with Crippen molar-refractivity contribution in [2.24, 2.45) is 0 Å². The van der Waals surface area contributed by atoms with Gasteiger partial charge in [-0.05, 0) is 24.8 Å². The number of allylic oxidation sites excluding steroid dienone is 3. The van der Waals surface area contributed by atoms with Crippen LogP contribution >= 0.6 is 0 Å². The van der Waals surface area contributed by atoms with Gasteiger partial charge in [0.05, 0.1) is 0 Å². The third kappa shape index (κ3) is 4.02. The predicted molar refractivity (Wildman–Crippen MR) is 52.7 cm³/mol. The molecule has 0 amide bonds. The van der Waals surface area contributed by atoms with E-state index in [0.29, 0.717) is 0 Å². The third-order valence-electron chi connectivity index (χ3n) is 1.94. The van der Waals surface area contributed by atoms with Gasteiger partial charge in [-0.15, -0.1) is 0 Å².